The summed E-state index contributed by atoms with van der Waals surface area (Å²) in [5.41, 5.74) is 2.41. The highest BCUT2D eigenvalue weighted by atomic mass is 19.1. The fourth-order valence-electron chi connectivity index (χ4n) is 3.23. The quantitative estimate of drug-likeness (QED) is 0.837. The van der Waals surface area contributed by atoms with Crippen LogP contribution in [0.4, 0.5) is 4.39 Å². The molecule has 136 valence electrons. The molecule has 7 heteroatoms. The molecule has 1 aromatic heterocycles. The lowest BCUT2D eigenvalue weighted by atomic mass is 9.81. The number of aromatic nitrogens is 3. The van der Waals surface area contributed by atoms with E-state index in [9.17, 15) is 9.50 Å². The molecule has 0 amide bonds. The fraction of sp³-hybridized carbons (Fsp3) is 0.556. The third-order valence-corrected chi connectivity index (χ3v) is 5.08. The second kappa shape index (κ2) is 7.59. The first-order valence-electron chi connectivity index (χ1n) is 8.65. The van der Waals surface area contributed by atoms with Crippen LogP contribution in [0, 0.1) is 18.2 Å². The van der Waals surface area contributed by atoms with E-state index in [0.717, 1.165) is 29.9 Å². The summed E-state index contributed by atoms with van der Waals surface area (Å²) >= 11 is 0. The summed E-state index contributed by atoms with van der Waals surface area (Å²) in [7, 11) is 0. The van der Waals surface area contributed by atoms with E-state index >= 15 is 0 Å². The summed E-state index contributed by atoms with van der Waals surface area (Å²) < 4.78 is 20.2. The first-order valence-corrected chi connectivity index (χ1v) is 8.65. The van der Waals surface area contributed by atoms with Crippen molar-refractivity contribution in [2.45, 2.75) is 32.7 Å². The molecule has 6 nitrogen and oxygen atoms in total. The van der Waals surface area contributed by atoms with Gasteiger partial charge in [0.2, 0.25) is 0 Å². The van der Waals surface area contributed by atoms with Gasteiger partial charge in [-0.3, -0.25) is 0 Å². The smallest absolute Gasteiger partial charge is 0.123 e. The number of benzene rings is 1. The molecule has 1 fully saturated rings. The summed E-state index contributed by atoms with van der Waals surface area (Å²) in [5.74, 6) is -0.275. The Bertz CT molecular complexity index is 696. The van der Waals surface area contributed by atoms with E-state index < -0.39 is 0 Å². The molecule has 1 aliphatic rings. The third-order valence-electron chi connectivity index (χ3n) is 5.08. The number of hydrogen-bond acceptors (Lipinski definition) is 5. The van der Waals surface area contributed by atoms with E-state index in [4.69, 9.17) is 4.74 Å². The molecule has 0 aliphatic carbocycles. The molecule has 2 N–H and O–H groups in total. The minimum Gasteiger partial charge on any atom is -0.396 e. The van der Waals surface area contributed by atoms with Gasteiger partial charge in [0.15, 0.2) is 0 Å². The molecule has 0 radical (unpaired) electrons. The van der Waals surface area contributed by atoms with Gasteiger partial charge in [-0.2, -0.15) is 0 Å². The number of nitrogens with one attached hydrogen (secondary N) is 1. The van der Waals surface area contributed by atoms with Gasteiger partial charge in [-0.05, 0) is 51.0 Å². The standard InChI is InChI=1S/C18H25FN4O2/c1-13(20-11-18(12-24)7-9-25-10-8-18)17-14(2)23(22-21-17)16-5-3-15(19)4-6-16/h3-6,13,20,24H,7-12H2,1-2H3. The number of ether oxygens (including phenoxy) is 1. The predicted octanol–water partition coefficient (Wildman–Crippen LogP) is 2.15. The number of rotatable bonds is 6. The minimum atomic E-state index is -0.275. The van der Waals surface area contributed by atoms with Crippen molar-refractivity contribution in [2.24, 2.45) is 5.41 Å². The van der Waals surface area contributed by atoms with Crippen molar-refractivity contribution >= 4 is 0 Å². The summed E-state index contributed by atoms with van der Waals surface area (Å²) in [6.07, 6.45) is 1.70. The van der Waals surface area contributed by atoms with E-state index in [1.54, 1.807) is 16.8 Å². The zero-order chi connectivity index (χ0) is 17.9. The Kier molecular flexibility index (Phi) is 5.46. The first-order chi connectivity index (χ1) is 12.0. The van der Waals surface area contributed by atoms with Gasteiger partial charge in [0.1, 0.15) is 11.5 Å². The van der Waals surface area contributed by atoms with Gasteiger partial charge in [0, 0.05) is 25.2 Å². The predicted molar refractivity (Wildman–Crippen MR) is 92.0 cm³/mol. The Morgan fingerprint density at radius 3 is 2.64 bits per heavy atom. The van der Waals surface area contributed by atoms with E-state index in [-0.39, 0.29) is 23.9 Å². The van der Waals surface area contributed by atoms with Gasteiger partial charge >= 0.3 is 0 Å². The van der Waals surface area contributed by atoms with Crippen LogP contribution in [0.25, 0.3) is 5.69 Å². The van der Waals surface area contributed by atoms with Crippen LogP contribution in [-0.2, 0) is 4.74 Å². The molecule has 1 unspecified atom stereocenters. The molecule has 2 aromatic rings. The van der Waals surface area contributed by atoms with Crippen LogP contribution in [0.3, 0.4) is 0 Å². The van der Waals surface area contributed by atoms with E-state index in [0.29, 0.717) is 19.8 Å². The lowest BCUT2D eigenvalue weighted by Gasteiger charge is -2.36. The Morgan fingerprint density at radius 1 is 1.32 bits per heavy atom. The van der Waals surface area contributed by atoms with Crippen LogP contribution < -0.4 is 5.32 Å². The number of hydrogen-bond donors (Lipinski definition) is 2. The van der Waals surface area contributed by atoms with Gasteiger partial charge < -0.3 is 15.2 Å². The second-order valence-corrected chi connectivity index (χ2v) is 6.82. The summed E-state index contributed by atoms with van der Waals surface area (Å²) in [6, 6.07) is 6.19. The van der Waals surface area contributed by atoms with Crippen molar-refractivity contribution in [2.75, 3.05) is 26.4 Å². The topological polar surface area (TPSA) is 72.2 Å². The van der Waals surface area contributed by atoms with Crippen molar-refractivity contribution in [3.05, 3.63) is 41.5 Å². The number of aliphatic hydroxyl groups is 1. The molecule has 1 aliphatic heterocycles. The van der Waals surface area contributed by atoms with Crippen LogP contribution in [-0.4, -0.2) is 46.5 Å². The van der Waals surface area contributed by atoms with Crippen molar-refractivity contribution < 1.29 is 14.2 Å². The fourth-order valence-corrected chi connectivity index (χ4v) is 3.23. The highest BCUT2D eigenvalue weighted by Crippen LogP contribution is 2.30. The number of aliphatic hydroxyl groups excluding tert-OH is 1. The molecular formula is C18H25FN4O2. The lowest BCUT2D eigenvalue weighted by molar-refractivity contribution is -0.0164. The van der Waals surface area contributed by atoms with Crippen molar-refractivity contribution in [1.29, 1.82) is 0 Å². The molecule has 1 saturated heterocycles. The zero-order valence-electron chi connectivity index (χ0n) is 14.7. The molecule has 0 spiro atoms. The molecule has 2 heterocycles. The van der Waals surface area contributed by atoms with Crippen LogP contribution in [0.2, 0.25) is 0 Å². The number of halogens is 1. The Labute approximate surface area is 147 Å². The minimum absolute atomic E-state index is 0.000434. The van der Waals surface area contributed by atoms with E-state index in [1.807, 2.05) is 13.8 Å². The van der Waals surface area contributed by atoms with Gasteiger partial charge in [0.05, 0.1) is 24.0 Å². The molecule has 0 saturated carbocycles. The normalized spacial score (nSPS) is 18.2. The highest BCUT2D eigenvalue weighted by Gasteiger charge is 2.32. The molecule has 1 aromatic carbocycles. The lowest BCUT2D eigenvalue weighted by Crippen LogP contribution is -2.42. The molecule has 1 atom stereocenters. The Balaban J connectivity index is 1.70. The van der Waals surface area contributed by atoms with Crippen molar-refractivity contribution in [3.63, 3.8) is 0 Å². The largest absolute Gasteiger partial charge is 0.396 e. The third kappa shape index (κ3) is 3.89. The molecule has 25 heavy (non-hydrogen) atoms. The monoisotopic (exact) mass is 348 g/mol. The summed E-state index contributed by atoms with van der Waals surface area (Å²) in [5, 5.41) is 21.8. The maximum Gasteiger partial charge on any atom is 0.123 e. The van der Waals surface area contributed by atoms with Gasteiger partial charge in [-0.15, -0.1) is 5.10 Å². The van der Waals surface area contributed by atoms with Gasteiger partial charge in [-0.25, -0.2) is 9.07 Å². The Hall–Kier alpha value is -1.83. The van der Waals surface area contributed by atoms with Crippen LogP contribution in [0.5, 0.6) is 0 Å². The summed E-state index contributed by atoms with van der Waals surface area (Å²) in [6.45, 7) is 6.23. The van der Waals surface area contributed by atoms with Crippen LogP contribution >= 0.6 is 0 Å². The van der Waals surface area contributed by atoms with E-state index in [1.165, 1.54) is 12.1 Å². The van der Waals surface area contributed by atoms with Crippen LogP contribution in [0.1, 0.15) is 37.2 Å². The molecular weight excluding hydrogens is 323 g/mol. The zero-order valence-corrected chi connectivity index (χ0v) is 14.7. The Morgan fingerprint density at radius 2 is 2.00 bits per heavy atom. The van der Waals surface area contributed by atoms with E-state index in [2.05, 4.69) is 15.6 Å². The maximum atomic E-state index is 13.1. The highest BCUT2D eigenvalue weighted by molar-refractivity contribution is 5.33. The van der Waals surface area contributed by atoms with Crippen molar-refractivity contribution in [1.82, 2.24) is 20.3 Å². The maximum absolute atomic E-state index is 13.1. The average Bonchev–Trinajstić information content (AvgIpc) is 3.03. The van der Waals surface area contributed by atoms with Gasteiger partial charge in [-0.1, -0.05) is 5.21 Å². The summed E-state index contributed by atoms with van der Waals surface area (Å²) in [4.78, 5) is 0. The number of nitrogens with zero attached hydrogens (tertiary/aromatic N) is 3. The SMILES string of the molecule is Cc1c(C(C)NCC2(CO)CCOCC2)nnn1-c1ccc(F)cc1. The average molecular weight is 348 g/mol. The van der Waals surface area contributed by atoms with Crippen LogP contribution in [0.15, 0.2) is 24.3 Å². The molecule has 3 rings (SSSR count). The first kappa shape index (κ1) is 18.0. The molecule has 0 bridgehead atoms. The second-order valence-electron chi connectivity index (χ2n) is 6.82. The van der Waals surface area contributed by atoms with Crippen molar-refractivity contribution in [3.8, 4) is 5.69 Å². The van der Waals surface area contributed by atoms with Gasteiger partial charge in [0.25, 0.3) is 0 Å².